The predicted octanol–water partition coefficient (Wildman–Crippen LogP) is 12.7. The minimum absolute atomic E-state index is 0.0741. The largest absolute Gasteiger partial charge is 0.292 e. The third-order valence-corrected chi connectivity index (χ3v) is 10.5. The van der Waals surface area contributed by atoms with Crippen LogP contribution in [0.4, 0.5) is 0 Å². The summed E-state index contributed by atoms with van der Waals surface area (Å²) in [7, 11) is 0. The van der Waals surface area contributed by atoms with E-state index in [1.54, 1.807) is 4.57 Å². The monoisotopic (exact) mass is 633 g/mol. The molecule has 0 aliphatic carbocycles. The van der Waals surface area contributed by atoms with E-state index in [1.807, 2.05) is 47.7 Å². The number of imidazole rings is 1. The van der Waals surface area contributed by atoms with Crippen molar-refractivity contribution in [2.45, 2.75) is 0 Å². The van der Waals surface area contributed by atoms with Gasteiger partial charge in [-0.3, -0.25) is 4.57 Å². The number of hydrogen-bond donors (Lipinski definition) is 0. The fraction of sp³-hybridized carbons (Fsp3) is 0. The number of nitrogens with zero attached hydrogens (tertiary/aromatic N) is 2. The lowest BCUT2D eigenvalue weighted by Gasteiger charge is -2.18. The smallest absolute Gasteiger partial charge is 0.145 e. The Kier molecular flexibility index (Phi) is 5.04. The number of rotatable bonds is 4. The molecule has 2 aromatic heterocycles. The van der Waals surface area contributed by atoms with Gasteiger partial charge in [-0.25, -0.2) is 4.98 Å². The minimum atomic E-state index is -0.426. The van der Waals surface area contributed by atoms with Crippen molar-refractivity contribution in [3.63, 3.8) is 0 Å². The summed E-state index contributed by atoms with van der Waals surface area (Å²) in [5, 5.41) is 7.19. The van der Waals surface area contributed by atoms with Crippen molar-refractivity contribution >= 4 is 64.1 Å². The average molecular weight is 634 g/mol. The number of hydrogen-bond acceptors (Lipinski definition) is 2. The van der Waals surface area contributed by atoms with Crippen LogP contribution in [0, 0.1) is 0 Å². The van der Waals surface area contributed by atoms with E-state index >= 15 is 0 Å². The zero-order valence-corrected chi connectivity index (χ0v) is 26.4. The average Bonchev–Trinajstić information content (AvgIpc) is 3.77. The van der Waals surface area contributed by atoms with Gasteiger partial charge < -0.3 is 0 Å². The van der Waals surface area contributed by atoms with E-state index in [0.29, 0.717) is 16.9 Å². The fourth-order valence-electron chi connectivity index (χ4n) is 7.22. The lowest BCUT2D eigenvalue weighted by molar-refractivity contribution is 1.10. The van der Waals surface area contributed by atoms with Crippen LogP contribution in [-0.4, -0.2) is 9.55 Å². The highest BCUT2D eigenvalue weighted by molar-refractivity contribution is 7.25. The maximum atomic E-state index is 8.77. The van der Waals surface area contributed by atoms with Gasteiger partial charge in [0.25, 0.3) is 0 Å². The molecule has 224 valence electrons. The van der Waals surface area contributed by atoms with Crippen LogP contribution in [-0.2, 0) is 0 Å². The van der Waals surface area contributed by atoms with Crippen molar-refractivity contribution in [2.24, 2.45) is 0 Å². The number of fused-ring (bicyclic) bond motifs is 6. The minimum Gasteiger partial charge on any atom is -0.292 e. The number of thiophene rings is 1. The molecule has 48 heavy (non-hydrogen) atoms. The summed E-state index contributed by atoms with van der Waals surface area (Å²) in [6, 6.07) is 46.6. The zero-order valence-electron chi connectivity index (χ0n) is 30.6. The molecule has 0 bridgehead atoms. The molecule has 10 aromatic rings. The quantitative estimate of drug-likeness (QED) is 0.176. The maximum Gasteiger partial charge on any atom is 0.145 e. The Labute approximate surface area is 288 Å². The molecule has 0 spiro atoms. The zero-order chi connectivity index (χ0) is 36.0. The van der Waals surface area contributed by atoms with Gasteiger partial charge in [0.1, 0.15) is 5.82 Å². The van der Waals surface area contributed by atoms with Crippen molar-refractivity contribution in [1.82, 2.24) is 9.55 Å². The fourth-order valence-corrected chi connectivity index (χ4v) is 8.31. The van der Waals surface area contributed by atoms with Gasteiger partial charge in [-0.2, -0.15) is 0 Å². The summed E-state index contributed by atoms with van der Waals surface area (Å²) in [5.41, 5.74) is 6.72. The standard InChI is InChI=1S/C45H28N2S/c1-2-12-32(13-3-1)47-40-20-10-9-19-39(40)46-45(47)30-24-22-29(23-25-30)43-34-15-4-6-17-36(34)44(37-18-7-5-16-35(37)43)31-26-27-42-38(28-31)33-14-8-11-21-41(33)48-42/h1-28H/i1D,2D,3D,12D,13D. The Morgan fingerprint density at radius 3 is 1.73 bits per heavy atom. The van der Waals surface area contributed by atoms with Crippen LogP contribution in [0.5, 0.6) is 0 Å². The van der Waals surface area contributed by atoms with Gasteiger partial charge in [-0.05, 0) is 86.2 Å². The molecule has 0 aliphatic heterocycles. The Balaban J connectivity index is 1.17. The second-order valence-electron chi connectivity index (χ2n) is 12.0. The molecule has 0 fully saturated rings. The number of para-hydroxylation sites is 3. The van der Waals surface area contributed by atoms with Gasteiger partial charge in [0.2, 0.25) is 0 Å². The highest BCUT2D eigenvalue weighted by Crippen LogP contribution is 2.45. The molecule has 0 aliphatic rings. The second kappa shape index (κ2) is 10.8. The first-order valence-electron chi connectivity index (χ1n) is 18.4. The molecule has 0 saturated carbocycles. The molecular formula is C45H28N2S. The SMILES string of the molecule is [2H]c1c([2H])c([2H])c(-n2c(-c3ccc(-c4c5ccccc5c(-c5ccc6sc7ccccc7c6c5)c5ccccc45)cc3)nc3ccccc32)c([2H])c1[2H]. The van der Waals surface area contributed by atoms with Gasteiger partial charge >= 0.3 is 0 Å². The molecule has 3 heteroatoms. The van der Waals surface area contributed by atoms with Crippen LogP contribution >= 0.6 is 11.3 Å². The van der Waals surface area contributed by atoms with Crippen LogP contribution in [0.15, 0.2) is 170 Å². The number of benzene rings is 8. The normalized spacial score (nSPS) is 13.2. The van der Waals surface area contributed by atoms with Crippen LogP contribution < -0.4 is 0 Å². The lowest BCUT2D eigenvalue weighted by atomic mass is 9.85. The first-order chi connectivity index (χ1) is 25.9. The van der Waals surface area contributed by atoms with Gasteiger partial charge in [0.05, 0.1) is 17.9 Å². The summed E-state index contributed by atoms with van der Waals surface area (Å²) in [4.78, 5) is 4.94. The molecular weight excluding hydrogens is 601 g/mol. The van der Waals surface area contributed by atoms with Crippen molar-refractivity contribution in [3.05, 3.63) is 170 Å². The number of aromatic nitrogens is 2. The Morgan fingerprint density at radius 2 is 1.02 bits per heavy atom. The molecule has 2 heterocycles. The second-order valence-corrected chi connectivity index (χ2v) is 13.0. The van der Waals surface area contributed by atoms with Gasteiger partial charge in [-0.15, -0.1) is 11.3 Å². The summed E-state index contributed by atoms with van der Waals surface area (Å²) < 4.78 is 46.7. The van der Waals surface area contributed by atoms with Gasteiger partial charge in [-0.1, -0.05) is 127 Å². The highest BCUT2D eigenvalue weighted by atomic mass is 32.1. The van der Waals surface area contributed by atoms with Crippen molar-refractivity contribution in [2.75, 3.05) is 0 Å². The highest BCUT2D eigenvalue weighted by Gasteiger charge is 2.19. The maximum absolute atomic E-state index is 8.77. The molecule has 0 radical (unpaired) electrons. The third-order valence-electron chi connectivity index (χ3n) is 9.30. The first kappa shape index (κ1) is 22.5. The van der Waals surface area contributed by atoms with Crippen molar-refractivity contribution < 1.29 is 6.85 Å². The van der Waals surface area contributed by atoms with Crippen LogP contribution in [0.2, 0.25) is 0 Å². The van der Waals surface area contributed by atoms with Crippen molar-refractivity contribution in [3.8, 4) is 39.3 Å². The van der Waals surface area contributed by atoms with Crippen LogP contribution in [0.25, 0.3) is 92.1 Å². The third kappa shape index (κ3) is 4.15. The van der Waals surface area contributed by atoms with Crippen LogP contribution in [0.1, 0.15) is 6.85 Å². The van der Waals surface area contributed by atoms with E-state index in [2.05, 4.69) is 103 Å². The lowest BCUT2D eigenvalue weighted by Crippen LogP contribution is -1.97. The van der Waals surface area contributed by atoms with Crippen LogP contribution in [0.3, 0.4) is 0 Å². The molecule has 0 atom stereocenters. The first-order valence-corrected chi connectivity index (χ1v) is 16.7. The summed E-state index contributed by atoms with van der Waals surface area (Å²) in [6.45, 7) is 0. The molecule has 0 saturated heterocycles. The molecule has 0 unspecified atom stereocenters. The molecule has 0 N–H and O–H groups in total. The predicted molar refractivity (Wildman–Crippen MR) is 205 cm³/mol. The van der Waals surface area contributed by atoms with E-state index in [-0.39, 0.29) is 29.9 Å². The topological polar surface area (TPSA) is 17.8 Å². The molecule has 8 aromatic carbocycles. The molecule has 0 amide bonds. The summed E-state index contributed by atoms with van der Waals surface area (Å²) in [6.07, 6.45) is 0. The van der Waals surface area contributed by atoms with Gasteiger partial charge in [0.15, 0.2) is 0 Å². The van der Waals surface area contributed by atoms with E-state index < -0.39 is 6.04 Å². The molecule has 2 nitrogen and oxygen atoms in total. The summed E-state index contributed by atoms with van der Waals surface area (Å²) in [5.74, 6) is 0.498. The Hall–Kier alpha value is -6.03. The van der Waals surface area contributed by atoms with Gasteiger partial charge in [0, 0.05) is 31.4 Å². The van der Waals surface area contributed by atoms with E-state index in [1.165, 1.54) is 42.1 Å². The van der Waals surface area contributed by atoms with Crippen molar-refractivity contribution in [1.29, 1.82) is 0 Å². The Bertz CT molecular complexity index is 3040. The Morgan fingerprint density at radius 1 is 0.479 bits per heavy atom. The molecule has 10 rings (SSSR count). The summed E-state index contributed by atoms with van der Waals surface area (Å²) >= 11 is 1.83. The van der Waals surface area contributed by atoms with E-state index in [0.717, 1.165) is 27.5 Å². The van der Waals surface area contributed by atoms with E-state index in [4.69, 9.17) is 11.8 Å². The van der Waals surface area contributed by atoms with E-state index in [9.17, 15) is 0 Å².